The zero-order valence-corrected chi connectivity index (χ0v) is 16.3. The molecule has 130 valence electrons. The predicted molar refractivity (Wildman–Crippen MR) is 99.7 cm³/mol. The van der Waals surface area contributed by atoms with Crippen molar-refractivity contribution < 1.29 is 4.79 Å². The average molecular weight is 402 g/mol. The first-order chi connectivity index (χ1) is 11.9. The van der Waals surface area contributed by atoms with Gasteiger partial charge >= 0.3 is 0 Å². The molecule has 0 aliphatic rings. The van der Waals surface area contributed by atoms with Gasteiger partial charge in [-0.2, -0.15) is 10.2 Å². The van der Waals surface area contributed by atoms with Crippen LogP contribution in [-0.4, -0.2) is 37.4 Å². The topological polar surface area (TPSA) is 56.0 Å². The van der Waals surface area contributed by atoms with Crippen molar-refractivity contribution in [3.8, 4) is 5.69 Å². The Hall–Kier alpha value is -2.41. The maximum atomic E-state index is 12.6. The predicted octanol–water partition coefficient (Wildman–Crippen LogP) is 3.26. The van der Waals surface area contributed by atoms with Gasteiger partial charge in [0.2, 0.25) is 0 Å². The first kappa shape index (κ1) is 17.4. The molecule has 25 heavy (non-hydrogen) atoms. The third-order valence-corrected chi connectivity index (χ3v) is 5.23. The number of rotatable bonds is 4. The Balaban J connectivity index is 1.77. The molecule has 2 aromatic heterocycles. The minimum absolute atomic E-state index is 0.0232. The van der Waals surface area contributed by atoms with Gasteiger partial charge in [0, 0.05) is 38.0 Å². The Labute approximate surface area is 155 Å². The molecule has 0 N–H and O–H groups in total. The lowest BCUT2D eigenvalue weighted by molar-refractivity contribution is 0.0785. The van der Waals surface area contributed by atoms with E-state index in [0.717, 1.165) is 27.1 Å². The van der Waals surface area contributed by atoms with Crippen molar-refractivity contribution in [2.75, 3.05) is 7.05 Å². The molecular formula is C18H20BrN5O. The van der Waals surface area contributed by atoms with Crippen molar-refractivity contribution in [2.45, 2.75) is 20.4 Å². The molecule has 7 heteroatoms. The van der Waals surface area contributed by atoms with Crippen molar-refractivity contribution in [1.82, 2.24) is 24.5 Å². The first-order valence-corrected chi connectivity index (χ1v) is 8.71. The minimum atomic E-state index is -0.0232. The van der Waals surface area contributed by atoms with Crippen LogP contribution in [0.2, 0.25) is 0 Å². The lowest BCUT2D eigenvalue weighted by atomic mass is 10.1. The van der Waals surface area contributed by atoms with E-state index in [1.807, 2.05) is 56.0 Å². The van der Waals surface area contributed by atoms with E-state index in [1.165, 1.54) is 0 Å². The van der Waals surface area contributed by atoms with Gasteiger partial charge in [0.15, 0.2) is 0 Å². The zero-order valence-electron chi connectivity index (χ0n) is 14.7. The first-order valence-electron chi connectivity index (χ1n) is 7.92. The summed E-state index contributed by atoms with van der Waals surface area (Å²) in [5.74, 6) is -0.0232. The molecule has 1 aromatic carbocycles. The lowest BCUT2D eigenvalue weighted by Crippen LogP contribution is -2.26. The van der Waals surface area contributed by atoms with Crippen LogP contribution in [0, 0.1) is 13.8 Å². The molecule has 0 unspecified atom stereocenters. The van der Waals surface area contributed by atoms with E-state index in [-0.39, 0.29) is 5.91 Å². The largest absolute Gasteiger partial charge is 0.337 e. The van der Waals surface area contributed by atoms with Crippen molar-refractivity contribution in [2.24, 2.45) is 7.05 Å². The molecule has 2 heterocycles. The Morgan fingerprint density at radius 2 is 1.92 bits per heavy atom. The zero-order chi connectivity index (χ0) is 18.1. The SMILES string of the molecule is Cc1nn(-c2ccc(C(=O)N(C)Cc3cnn(C)c3)cc2)c(C)c1Br. The van der Waals surface area contributed by atoms with Crippen LogP contribution < -0.4 is 0 Å². The van der Waals surface area contributed by atoms with Crippen molar-refractivity contribution in [3.05, 3.63) is 63.6 Å². The monoisotopic (exact) mass is 401 g/mol. The molecule has 0 fully saturated rings. The van der Waals surface area contributed by atoms with E-state index in [2.05, 4.69) is 26.1 Å². The standard InChI is InChI=1S/C18H20BrN5O/c1-12-17(19)13(2)24(21-12)16-7-5-15(6-8-16)18(25)22(3)10-14-9-20-23(4)11-14/h5-9,11H,10H2,1-4H3. The summed E-state index contributed by atoms with van der Waals surface area (Å²) < 4.78 is 4.60. The second kappa shape index (κ2) is 6.84. The summed E-state index contributed by atoms with van der Waals surface area (Å²) in [7, 11) is 3.66. The van der Waals surface area contributed by atoms with Crippen LogP contribution in [0.15, 0.2) is 41.1 Å². The number of aryl methyl sites for hydroxylation is 2. The van der Waals surface area contributed by atoms with E-state index in [4.69, 9.17) is 0 Å². The lowest BCUT2D eigenvalue weighted by Gasteiger charge is -2.16. The highest BCUT2D eigenvalue weighted by molar-refractivity contribution is 9.10. The van der Waals surface area contributed by atoms with Crippen LogP contribution in [-0.2, 0) is 13.6 Å². The summed E-state index contributed by atoms with van der Waals surface area (Å²) in [5, 5.41) is 8.64. The van der Waals surface area contributed by atoms with Gasteiger partial charge in [0.25, 0.3) is 5.91 Å². The van der Waals surface area contributed by atoms with Crippen LogP contribution >= 0.6 is 15.9 Å². The normalized spacial score (nSPS) is 10.9. The Morgan fingerprint density at radius 3 is 2.44 bits per heavy atom. The van der Waals surface area contributed by atoms with Gasteiger partial charge in [-0.1, -0.05) is 0 Å². The molecule has 3 rings (SSSR count). The molecule has 6 nitrogen and oxygen atoms in total. The number of halogens is 1. The number of nitrogens with zero attached hydrogens (tertiary/aromatic N) is 5. The number of amides is 1. The van der Waals surface area contributed by atoms with Crippen LogP contribution in [0.1, 0.15) is 27.3 Å². The highest BCUT2D eigenvalue weighted by Gasteiger charge is 2.14. The molecule has 0 bridgehead atoms. The fourth-order valence-corrected chi connectivity index (χ4v) is 2.99. The van der Waals surface area contributed by atoms with Crippen molar-refractivity contribution >= 4 is 21.8 Å². The number of carbonyl (C=O) groups excluding carboxylic acids is 1. The van der Waals surface area contributed by atoms with Crippen molar-refractivity contribution in [1.29, 1.82) is 0 Å². The maximum Gasteiger partial charge on any atom is 0.253 e. The molecule has 0 saturated heterocycles. The Kier molecular flexibility index (Phi) is 4.76. The molecule has 0 aliphatic carbocycles. The van der Waals surface area contributed by atoms with Crippen LogP contribution in [0.4, 0.5) is 0 Å². The van der Waals surface area contributed by atoms with Crippen LogP contribution in [0.25, 0.3) is 5.69 Å². The van der Waals surface area contributed by atoms with Gasteiger partial charge in [-0.05, 0) is 54.0 Å². The van der Waals surface area contributed by atoms with Gasteiger partial charge in [-0.25, -0.2) is 4.68 Å². The highest BCUT2D eigenvalue weighted by atomic mass is 79.9. The quantitative estimate of drug-likeness (QED) is 0.673. The smallest absolute Gasteiger partial charge is 0.253 e. The maximum absolute atomic E-state index is 12.6. The summed E-state index contributed by atoms with van der Waals surface area (Å²) >= 11 is 3.54. The van der Waals surface area contributed by atoms with E-state index in [9.17, 15) is 4.79 Å². The van der Waals surface area contributed by atoms with Gasteiger partial charge in [-0.3, -0.25) is 9.48 Å². The van der Waals surface area contributed by atoms with E-state index in [1.54, 1.807) is 22.8 Å². The van der Waals surface area contributed by atoms with Gasteiger partial charge in [-0.15, -0.1) is 0 Å². The molecule has 1 amide bonds. The fourth-order valence-electron chi connectivity index (χ4n) is 2.74. The second-order valence-corrected chi connectivity index (χ2v) is 6.92. The van der Waals surface area contributed by atoms with Gasteiger partial charge in [0.1, 0.15) is 0 Å². The summed E-state index contributed by atoms with van der Waals surface area (Å²) in [6, 6.07) is 7.50. The average Bonchev–Trinajstić information content (AvgIpc) is 3.12. The molecule has 3 aromatic rings. The summed E-state index contributed by atoms with van der Waals surface area (Å²) in [5.41, 5.74) is 4.55. The molecule has 0 radical (unpaired) electrons. The third kappa shape index (κ3) is 3.51. The van der Waals surface area contributed by atoms with Crippen LogP contribution in [0.3, 0.4) is 0 Å². The van der Waals surface area contributed by atoms with Crippen LogP contribution in [0.5, 0.6) is 0 Å². The van der Waals surface area contributed by atoms with Gasteiger partial charge < -0.3 is 4.90 Å². The molecule has 0 aliphatic heterocycles. The van der Waals surface area contributed by atoms with E-state index >= 15 is 0 Å². The number of aromatic nitrogens is 4. The number of hydrogen-bond acceptors (Lipinski definition) is 3. The molecular weight excluding hydrogens is 382 g/mol. The molecule has 0 spiro atoms. The van der Waals surface area contributed by atoms with E-state index in [0.29, 0.717) is 12.1 Å². The van der Waals surface area contributed by atoms with Gasteiger partial charge in [0.05, 0.1) is 27.7 Å². The summed E-state index contributed by atoms with van der Waals surface area (Å²) in [6.45, 7) is 4.49. The molecule has 0 atom stereocenters. The second-order valence-electron chi connectivity index (χ2n) is 6.13. The van der Waals surface area contributed by atoms with E-state index < -0.39 is 0 Å². The summed E-state index contributed by atoms with van der Waals surface area (Å²) in [6.07, 6.45) is 3.68. The Bertz CT molecular complexity index is 910. The Morgan fingerprint density at radius 1 is 1.24 bits per heavy atom. The van der Waals surface area contributed by atoms with Crippen molar-refractivity contribution in [3.63, 3.8) is 0 Å². The third-order valence-electron chi connectivity index (χ3n) is 4.09. The number of benzene rings is 1. The molecule has 0 saturated carbocycles. The highest BCUT2D eigenvalue weighted by Crippen LogP contribution is 2.23. The number of hydrogen-bond donors (Lipinski definition) is 0. The number of carbonyl (C=O) groups is 1. The fraction of sp³-hybridized carbons (Fsp3) is 0.278. The minimum Gasteiger partial charge on any atom is -0.337 e. The summed E-state index contributed by atoms with van der Waals surface area (Å²) in [4.78, 5) is 14.3.